The first-order chi connectivity index (χ1) is 36.3. The quantitative estimate of drug-likeness (QED) is 0.181. The summed E-state index contributed by atoms with van der Waals surface area (Å²) in [5.74, 6) is -0.127. The molecule has 3 heterocycles. The van der Waals surface area contributed by atoms with Crippen molar-refractivity contribution in [2.24, 2.45) is 20.4 Å². The van der Waals surface area contributed by atoms with Gasteiger partial charge in [0.05, 0.1) is 111 Å². The zero-order valence-corrected chi connectivity index (χ0v) is 40.1. The molecule has 0 spiro atoms. The van der Waals surface area contributed by atoms with E-state index in [0.29, 0.717) is 57.3 Å². The summed E-state index contributed by atoms with van der Waals surface area (Å²) in [6.45, 7) is 1.07. The lowest BCUT2D eigenvalue weighted by molar-refractivity contribution is 0.0748. The van der Waals surface area contributed by atoms with Crippen molar-refractivity contribution in [2.45, 2.75) is 0 Å². The fourth-order valence-electron chi connectivity index (χ4n) is 6.63. The van der Waals surface area contributed by atoms with Gasteiger partial charge in [-0.3, -0.25) is 19.2 Å². The molecule has 0 radical (unpaired) electrons. The summed E-state index contributed by atoms with van der Waals surface area (Å²) in [7, 11) is 2.95. The number of para-hydroxylation sites is 4. The lowest BCUT2D eigenvalue weighted by Gasteiger charge is -2.12. The minimum atomic E-state index is -0.542. The van der Waals surface area contributed by atoms with E-state index in [2.05, 4.69) is 52.1 Å². The van der Waals surface area contributed by atoms with Gasteiger partial charge in [-0.25, -0.2) is 31.7 Å². The third-order valence-corrected chi connectivity index (χ3v) is 10.1. The topological polar surface area (TPSA) is 265 Å². The van der Waals surface area contributed by atoms with Gasteiger partial charge < -0.3 is 37.9 Å². The van der Waals surface area contributed by atoms with Crippen molar-refractivity contribution in [1.82, 2.24) is 31.7 Å². The van der Waals surface area contributed by atoms with Gasteiger partial charge in [0.1, 0.15) is 60.9 Å². The largest absolute Gasteiger partial charge is 0.497 e. The number of carbonyl (C=O) groups is 4. The molecule has 2 aromatic heterocycles. The third-order valence-electron chi connectivity index (χ3n) is 10.1. The normalized spacial score (nSPS) is 14.8. The molecule has 6 aromatic rings. The van der Waals surface area contributed by atoms with Crippen molar-refractivity contribution in [3.8, 4) is 34.5 Å². The summed E-state index contributed by atoms with van der Waals surface area (Å²) in [5.41, 5.74) is 12.1. The molecule has 7 rings (SSSR count). The summed E-state index contributed by atoms with van der Waals surface area (Å²) in [6.07, 6.45) is 5.30. The number of nitrogens with one attached hydrogen (secondary N) is 4. The predicted octanol–water partition coefficient (Wildman–Crippen LogP) is 4.81. The molecule has 0 saturated carbocycles. The Hall–Kier alpha value is -9.54. The number of ether oxygens (including phenoxy) is 8. The van der Waals surface area contributed by atoms with Crippen LogP contribution in [0.15, 0.2) is 142 Å². The number of pyridine rings is 2. The second-order valence-electron chi connectivity index (χ2n) is 15.1. The number of amides is 4. The van der Waals surface area contributed by atoms with Crippen LogP contribution in [0.3, 0.4) is 0 Å². The highest BCUT2D eigenvalue weighted by atomic mass is 16.6. The van der Waals surface area contributed by atoms with Gasteiger partial charge >= 0.3 is 0 Å². The highest BCUT2D eigenvalue weighted by Crippen LogP contribution is 2.22. The monoisotopic (exact) mass is 1010 g/mol. The van der Waals surface area contributed by atoms with Gasteiger partial charge in [0.25, 0.3) is 23.6 Å². The first-order valence-electron chi connectivity index (χ1n) is 22.8. The molecule has 0 fully saturated rings. The third kappa shape index (κ3) is 15.7. The number of methoxy groups -OCH3 is 2. The molecule has 4 amide bonds. The van der Waals surface area contributed by atoms with E-state index in [1.54, 1.807) is 121 Å². The molecule has 74 heavy (non-hydrogen) atoms. The van der Waals surface area contributed by atoms with Gasteiger partial charge in [0.2, 0.25) is 0 Å². The highest BCUT2D eigenvalue weighted by Gasteiger charge is 2.16. The Bertz CT molecular complexity index is 2630. The van der Waals surface area contributed by atoms with Gasteiger partial charge in [0, 0.05) is 24.3 Å². The van der Waals surface area contributed by atoms with Crippen LogP contribution in [0, 0.1) is 0 Å². The second-order valence-corrected chi connectivity index (χ2v) is 15.1. The molecule has 0 unspecified atom stereocenters. The van der Waals surface area contributed by atoms with E-state index in [1.807, 2.05) is 0 Å². The van der Waals surface area contributed by atoms with E-state index in [-0.39, 0.29) is 75.1 Å². The van der Waals surface area contributed by atoms with Crippen LogP contribution in [0.1, 0.15) is 64.2 Å². The van der Waals surface area contributed by atoms with Crippen LogP contribution in [0.25, 0.3) is 0 Å². The number of rotatable bonds is 2. The van der Waals surface area contributed by atoms with Crippen LogP contribution in [-0.4, -0.2) is 126 Å². The molecule has 22 nitrogen and oxygen atoms in total. The number of carbonyl (C=O) groups excluding carboxylic acids is 4. The maximum absolute atomic E-state index is 13.2. The predicted molar refractivity (Wildman–Crippen MR) is 271 cm³/mol. The van der Waals surface area contributed by atoms with E-state index in [4.69, 9.17) is 37.9 Å². The van der Waals surface area contributed by atoms with E-state index in [0.717, 1.165) is 0 Å². The van der Waals surface area contributed by atoms with Crippen LogP contribution in [0.5, 0.6) is 34.5 Å². The summed E-state index contributed by atoms with van der Waals surface area (Å²) in [4.78, 5) is 61.7. The van der Waals surface area contributed by atoms with E-state index < -0.39 is 23.6 Å². The average molecular weight is 1010 g/mol. The van der Waals surface area contributed by atoms with Crippen LogP contribution in [0.2, 0.25) is 0 Å². The molecule has 380 valence electrons. The smallest absolute Gasteiger partial charge is 0.275 e. The molecule has 4 aromatic carbocycles. The van der Waals surface area contributed by atoms with Crippen molar-refractivity contribution in [1.29, 1.82) is 0 Å². The fourth-order valence-corrected chi connectivity index (χ4v) is 6.63. The number of hydrazone groups is 4. The molecule has 4 N–H and O–H groups in total. The molecule has 0 atom stereocenters. The van der Waals surface area contributed by atoms with Crippen LogP contribution in [-0.2, 0) is 9.47 Å². The van der Waals surface area contributed by atoms with Gasteiger partial charge in [-0.1, -0.05) is 48.5 Å². The Labute approximate surface area is 424 Å². The average Bonchev–Trinajstić information content (AvgIpc) is 3.42. The molecule has 4 bridgehead atoms. The highest BCUT2D eigenvalue weighted by molar-refractivity contribution is 5.99. The lowest BCUT2D eigenvalue weighted by Crippen LogP contribution is -2.20. The van der Waals surface area contributed by atoms with Crippen molar-refractivity contribution >= 4 is 48.5 Å². The maximum atomic E-state index is 13.2. The lowest BCUT2D eigenvalue weighted by atomic mass is 10.2. The van der Waals surface area contributed by atoms with E-state index in [1.165, 1.54) is 39.1 Å². The van der Waals surface area contributed by atoms with Gasteiger partial charge in [-0.15, -0.1) is 0 Å². The molecular formula is C52H50N10O12. The first-order valence-corrected chi connectivity index (χ1v) is 22.8. The number of hydrogen-bond donors (Lipinski definition) is 4. The van der Waals surface area contributed by atoms with Crippen LogP contribution in [0.4, 0.5) is 0 Å². The summed E-state index contributed by atoms with van der Waals surface area (Å²) >= 11 is 0. The number of benzene rings is 4. The van der Waals surface area contributed by atoms with Gasteiger partial charge in [-0.05, 0) is 48.5 Å². The zero-order valence-electron chi connectivity index (χ0n) is 40.1. The minimum Gasteiger partial charge on any atom is -0.497 e. The SMILES string of the molecule is COc1cc2nc(c1)C=NNC(=O)c1ccccc1OCCOCCOc1ccccc1C(=O)NN=Cc1cc(OC)cc(n1)C=NNC(=O)c1ccccc1OCCOCCOc1ccccc1C(=O)NN=C2. The maximum Gasteiger partial charge on any atom is 0.275 e. The molecule has 1 aliphatic rings. The Balaban J connectivity index is 1.03. The van der Waals surface area contributed by atoms with Gasteiger partial charge in [0.15, 0.2) is 0 Å². The fraction of sp³-hybridized carbons (Fsp3) is 0.192. The number of nitrogens with zero attached hydrogens (tertiary/aromatic N) is 6. The standard InChI is InChI=1S/C52H50N10O12/c1-67-39-27-35-31-53-59-49(63)41-11-3-7-15-45(41)71-23-19-69-21-25-73-47-17-9-5-13-43(47)51(65)61-55-33-37-29-40(68-2)30-38(58-37)34-56-62-52(66)44-14-6-10-18-48(44)74-26-22-70-20-24-72-46-16-8-4-12-42(46)50(64)60-54-32-36(28-39)57-35/h3-18,27-34H,19-26H2,1-2H3,(H,59,63)(H,60,64)(H,61,65)(H,62,66). The molecular weight excluding hydrogens is 957 g/mol. The van der Waals surface area contributed by atoms with Gasteiger partial charge in [-0.2, -0.15) is 20.4 Å². The Morgan fingerprint density at radius 2 is 0.608 bits per heavy atom. The van der Waals surface area contributed by atoms with Crippen molar-refractivity contribution in [2.75, 3.05) is 67.1 Å². The Kier molecular flexibility index (Phi) is 19.6. The molecule has 0 aliphatic carbocycles. The molecule has 22 heteroatoms. The number of hydrogen-bond acceptors (Lipinski definition) is 18. The summed E-state index contributed by atoms with van der Waals surface area (Å²) in [5, 5.41) is 16.3. The van der Waals surface area contributed by atoms with E-state index in [9.17, 15) is 19.2 Å². The van der Waals surface area contributed by atoms with Crippen molar-refractivity contribution in [3.63, 3.8) is 0 Å². The summed E-state index contributed by atoms with van der Waals surface area (Å²) in [6, 6.07) is 33.0. The Morgan fingerprint density at radius 3 is 0.851 bits per heavy atom. The Morgan fingerprint density at radius 1 is 0.365 bits per heavy atom. The number of aromatic nitrogens is 2. The summed E-state index contributed by atoms with van der Waals surface area (Å²) < 4.78 is 45.7. The zero-order chi connectivity index (χ0) is 51.7. The van der Waals surface area contributed by atoms with Crippen LogP contribution >= 0.6 is 0 Å². The number of fused-ring (bicyclic) bond motifs is 8. The second kappa shape index (κ2) is 27.7. The van der Waals surface area contributed by atoms with E-state index >= 15 is 0 Å². The minimum absolute atomic E-state index is 0.108. The van der Waals surface area contributed by atoms with Crippen molar-refractivity contribution < 1.29 is 57.1 Å². The van der Waals surface area contributed by atoms with Crippen molar-refractivity contribution in [3.05, 3.63) is 166 Å². The molecule has 1 aliphatic heterocycles. The first kappa shape index (κ1) is 52.3. The molecule has 0 saturated heterocycles. The van der Waals surface area contributed by atoms with Crippen LogP contribution < -0.4 is 50.1 Å².